The van der Waals surface area contributed by atoms with E-state index in [4.69, 9.17) is 0 Å². The van der Waals surface area contributed by atoms with Crippen LogP contribution in [0.1, 0.15) is 31.4 Å². The third-order valence-corrected chi connectivity index (χ3v) is 2.57. The Hall–Kier alpha value is -0.900. The molecule has 0 saturated heterocycles. The number of hydrogen-bond donors (Lipinski definition) is 3. The number of rotatable bonds is 7. The average Bonchev–Trinajstić information content (AvgIpc) is 2.34. The van der Waals surface area contributed by atoms with Crippen LogP contribution in [-0.4, -0.2) is 29.4 Å². The lowest BCUT2D eigenvalue weighted by Crippen LogP contribution is -2.32. The minimum absolute atomic E-state index is 0.427. The third kappa shape index (κ3) is 4.31. The lowest BCUT2D eigenvalue weighted by molar-refractivity contribution is 0.0192. The summed E-state index contributed by atoms with van der Waals surface area (Å²) in [4.78, 5) is 0. The second-order valence-electron chi connectivity index (χ2n) is 3.98. The second-order valence-corrected chi connectivity index (χ2v) is 3.98. The zero-order chi connectivity index (χ0) is 11.8. The van der Waals surface area contributed by atoms with Gasteiger partial charge in [0.2, 0.25) is 0 Å². The van der Waals surface area contributed by atoms with Crippen LogP contribution >= 0.6 is 0 Å². The van der Waals surface area contributed by atoms with E-state index in [2.05, 4.69) is 12.2 Å². The van der Waals surface area contributed by atoms with Crippen LogP contribution in [0.25, 0.3) is 0 Å². The summed E-state index contributed by atoms with van der Waals surface area (Å²) in [5.41, 5.74) is 0.757. The Morgan fingerprint density at radius 2 is 1.88 bits per heavy atom. The summed E-state index contributed by atoms with van der Waals surface area (Å²) in [5.74, 6) is 0. The first-order valence-electron chi connectivity index (χ1n) is 5.87. The summed E-state index contributed by atoms with van der Waals surface area (Å²) in [5, 5.41) is 22.7. The molecule has 0 radical (unpaired) electrons. The fraction of sp³-hybridized carbons (Fsp3) is 0.538. The second kappa shape index (κ2) is 7.39. The van der Waals surface area contributed by atoms with Crippen LogP contribution in [0, 0.1) is 0 Å². The molecular weight excluding hydrogens is 202 g/mol. The van der Waals surface area contributed by atoms with Crippen molar-refractivity contribution in [2.45, 2.75) is 32.0 Å². The van der Waals surface area contributed by atoms with E-state index in [0.717, 1.165) is 24.9 Å². The van der Waals surface area contributed by atoms with Gasteiger partial charge in [-0.25, -0.2) is 0 Å². The van der Waals surface area contributed by atoms with Gasteiger partial charge in [-0.2, -0.15) is 0 Å². The molecule has 90 valence electrons. The summed E-state index contributed by atoms with van der Waals surface area (Å²) in [6.07, 6.45) is 0.660. The standard InChI is InChI=1S/C13H21NO2/c1-2-3-9-14-10-12(15)13(16)11-7-5-4-6-8-11/h4-8,12-16H,2-3,9-10H2,1H3. The molecule has 0 bridgehead atoms. The summed E-state index contributed by atoms with van der Waals surface area (Å²) in [6.45, 7) is 3.43. The van der Waals surface area contributed by atoms with Gasteiger partial charge in [0, 0.05) is 6.54 Å². The number of aliphatic hydroxyl groups excluding tert-OH is 2. The molecule has 16 heavy (non-hydrogen) atoms. The van der Waals surface area contributed by atoms with Crippen molar-refractivity contribution in [3.8, 4) is 0 Å². The largest absolute Gasteiger partial charge is 0.389 e. The molecule has 0 aliphatic carbocycles. The van der Waals surface area contributed by atoms with Gasteiger partial charge in [0.1, 0.15) is 6.10 Å². The first-order chi connectivity index (χ1) is 7.75. The highest BCUT2D eigenvalue weighted by Crippen LogP contribution is 2.15. The number of nitrogens with one attached hydrogen (secondary N) is 1. The molecule has 1 aromatic carbocycles. The van der Waals surface area contributed by atoms with Gasteiger partial charge in [-0.3, -0.25) is 0 Å². The van der Waals surface area contributed by atoms with Crippen molar-refractivity contribution in [1.82, 2.24) is 5.32 Å². The highest BCUT2D eigenvalue weighted by molar-refractivity contribution is 5.18. The van der Waals surface area contributed by atoms with Crippen molar-refractivity contribution < 1.29 is 10.2 Å². The Bertz CT molecular complexity index is 277. The maximum atomic E-state index is 9.86. The highest BCUT2D eigenvalue weighted by atomic mass is 16.3. The minimum atomic E-state index is -0.810. The Morgan fingerprint density at radius 3 is 2.50 bits per heavy atom. The topological polar surface area (TPSA) is 52.5 Å². The van der Waals surface area contributed by atoms with Gasteiger partial charge in [-0.15, -0.1) is 0 Å². The summed E-state index contributed by atoms with van der Waals surface area (Å²) < 4.78 is 0. The van der Waals surface area contributed by atoms with E-state index in [9.17, 15) is 10.2 Å². The lowest BCUT2D eigenvalue weighted by atomic mass is 10.0. The van der Waals surface area contributed by atoms with E-state index < -0.39 is 12.2 Å². The van der Waals surface area contributed by atoms with Crippen LogP contribution in [0.2, 0.25) is 0 Å². The Morgan fingerprint density at radius 1 is 1.19 bits per heavy atom. The summed E-state index contributed by atoms with van der Waals surface area (Å²) in [7, 11) is 0. The first-order valence-corrected chi connectivity index (χ1v) is 5.87. The molecular formula is C13H21NO2. The van der Waals surface area contributed by atoms with E-state index in [1.54, 1.807) is 0 Å². The zero-order valence-corrected chi connectivity index (χ0v) is 9.76. The fourth-order valence-electron chi connectivity index (χ4n) is 1.54. The number of hydrogen-bond acceptors (Lipinski definition) is 3. The zero-order valence-electron chi connectivity index (χ0n) is 9.76. The molecule has 3 N–H and O–H groups in total. The van der Waals surface area contributed by atoms with E-state index in [1.807, 2.05) is 30.3 Å². The van der Waals surface area contributed by atoms with E-state index in [-0.39, 0.29) is 0 Å². The molecule has 0 aliphatic rings. The number of benzene rings is 1. The minimum Gasteiger partial charge on any atom is -0.389 e. The number of aliphatic hydroxyl groups is 2. The Kier molecular flexibility index (Phi) is 6.08. The molecule has 0 heterocycles. The van der Waals surface area contributed by atoms with Crippen LogP contribution in [0.3, 0.4) is 0 Å². The quantitative estimate of drug-likeness (QED) is 0.614. The fourth-order valence-corrected chi connectivity index (χ4v) is 1.54. The van der Waals surface area contributed by atoms with Crippen molar-refractivity contribution >= 4 is 0 Å². The maximum Gasteiger partial charge on any atom is 0.106 e. The summed E-state index contributed by atoms with van der Waals surface area (Å²) >= 11 is 0. The molecule has 1 aromatic rings. The molecule has 2 unspecified atom stereocenters. The Balaban J connectivity index is 2.33. The monoisotopic (exact) mass is 223 g/mol. The van der Waals surface area contributed by atoms with Crippen LogP contribution in [0.5, 0.6) is 0 Å². The van der Waals surface area contributed by atoms with Crippen molar-refractivity contribution in [2.75, 3.05) is 13.1 Å². The van der Waals surface area contributed by atoms with E-state index in [0.29, 0.717) is 6.54 Å². The predicted molar refractivity (Wildman–Crippen MR) is 65.2 cm³/mol. The van der Waals surface area contributed by atoms with Crippen LogP contribution in [0.4, 0.5) is 0 Å². The number of unbranched alkanes of at least 4 members (excludes halogenated alkanes) is 1. The van der Waals surface area contributed by atoms with E-state index in [1.165, 1.54) is 0 Å². The van der Waals surface area contributed by atoms with Crippen molar-refractivity contribution in [1.29, 1.82) is 0 Å². The SMILES string of the molecule is CCCCNCC(O)C(O)c1ccccc1. The molecule has 0 aromatic heterocycles. The molecule has 0 amide bonds. The van der Waals surface area contributed by atoms with Crippen LogP contribution in [-0.2, 0) is 0 Å². The molecule has 2 atom stereocenters. The molecule has 0 aliphatic heterocycles. The molecule has 3 heteroatoms. The van der Waals surface area contributed by atoms with Crippen molar-refractivity contribution in [3.63, 3.8) is 0 Å². The molecule has 0 saturated carbocycles. The molecule has 0 spiro atoms. The van der Waals surface area contributed by atoms with Gasteiger partial charge in [0.05, 0.1) is 6.10 Å². The van der Waals surface area contributed by atoms with Crippen LogP contribution in [0.15, 0.2) is 30.3 Å². The highest BCUT2D eigenvalue weighted by Gasteiger charge is 2.16. The van der Waals surface area contributed by atoms with Gasteiger partial charge >= 0.3 is 0 Å². The maximum absolute atomic E-state index is 9.86. The van der Waals surface area contributed by atoms with Gasteiger partial charge in [-0.05, 0) is 18.5 Å². The third-order valence-electron chi connectivity index (χ3n) is 2.57. The van der Waals surface area contributed by atoms with E-state index >= 15 is 0 Å². The predicted octanol–water partition coefficient (Wildman–Crippen LogP) is 1.47. The molecule has 0 fully saturated rings. The van der Waals surface area contributed by atoms with Gasteiger partial charge in [0.15, 0.2) is 0 Å². The molecule has 1 rings (SSSR count). The lowest BCUT2D eigenvalue weighted by Gasteiger charge is -2.18. The van der Waals surface area contributed by atoms with Crippen LogP contribution < -0.4 is 5.32 Å². The Labute approximate surface area is 97.1 Å². The summed E-state index contributed by atoms with van der Waals surface area (Å²) in [6, 6.07) is 9.24. The average molecular weight is 223 g/mol. The first kappa shape index (κ1) is 13.2. The van der Waals surface area contributed by atoms with Gasteiger partial charge in [-0.1, -0.05) is 43.7 Å². The molecule has 3 nitrogen and oxygen atoms in total. The van der Waals surface area contributed by atoms with Crippen molar-refractivity contribution in [3.05, 3.63) is 35.9 Å². The van der Waals surface area contributed by atoms with Gasteiger partial charge < -0.3 is 15.5 Å². The smallest absolute Gasteiger partial charge is 0.106 e. The van der Waals surface area contributed by atoms with Gasteiger partial charge in [0.25, 0.3) is 0 Å². The normalized spacial score (nSPS) is 14.7. The van der Waals surface area contributed by atoms with Crippen molar-refractivity contribution in [2.24, 2.45) is 0 Å².